The summed E-state index contributed by atoms with van der Waals surface area (Å²) in [6, 6.07) is 0.677. The lowest BCUT2D eigenvalue weighted by Crippen LogP contribution is -2.92. The molecule has 0 aromatic heterocycles. The molecule has 11 heavy (non-hydrogen) atoms. The van der Waals surface area contributed by atoms with Crippen LogP contribution in [0, 0.1) is 5.92 Å². The number of esters is 1. The van der Waals surface area contributed by atoms with E-state index in [1.807, 2.05) is 0 Å². The van der Waals surface area contributed by atoms with Gasteiger partial charge in [-0.05, 0) is 13.3 Å². The number of carbonyl (C=O) groups excluding carboxylic acids is 1. The number of nitrogens with two attached hydrogens (primary N) is 1. The van der Waals surface area contributed by atoms with Crippen LogP contribution in [0.1, 0.15) is 19.8 Å². The van der Waals surface area contributed by atoms with E-state index in [4.69, 9.17) is 0 Å². The Balaban J connectivity index is 2.33. The summed E-state index contributed by atoms with van der Waals surface area (Å²) in [5.41, 5.74) is 0. The van der Waals surface area contributed by atoms with Gasteiger partial charge in [0.2, 0.25) is 0 Å². The highest BCUT2D eigenvalue weighted by Crippen LogP contribution is 2.10. The third-order valence-corrected chi connectivity index (χ3v) is 2.33. The van der Waals surface area contributed by atoms with Gasteiger partial charge in [-0.2, -0.15) is 0 Å². The molecule has 0 aromatic rings. The van der Waals surface area contributed by atoms with Gasteiger partial charge in [0.1, 0.15) is 5.92 Å². The maximum absolute atomic E-state index is 11.0. The van der Waals surface area contributed by atoms with Crippen molar-refractivity contribution in [1.82, 2.24) is 0 Å². The molecular weight excluding hydrogens is 142 g/mol. The molecule has 0 aromatic carbocycles. The maximum atomic E-state index is 11.0. The summed E-state index contributed by atoms with van der Waals surface area (Å²) in [5.74, 6) is 0.0874. The number of quaternary nitrogens is 1. The third kappa shape index (κ3) is 2.19. The minimum Gasteiger partial charge on any atom is -0.469 e. The maximum Gasteiger partial charge on any atom is 0.314 e. The van der Waals surface area contributed by atoms with Gasteiger partial charge in [-0.3, -0.25) is 4.79 Å². The van der Waals surface area contributed by atoms with Crippen molar-refractivity contribution < 1.29 is 14.8 Å². The standard InChI is InChI=1S/C8H15NO2/c1-6-3-4-7(5-9-6)8(10)11-2/h6-7,9H,3-5H2,1-2H3/p+1/t6-,7-/m0/s1. The predicted molar refractivity (Wildman–Crippen MR) is 41.0 cm³/mol. The molecule has 0 spiro atoms. The quantitative estimate of drug-likeness (QED) is 0.524. The number of ether oxygens (including phenoxy) is 1. The van der Waals surface area contributed by atoms with E-state index in [0.717, 1.165) is 19.4 Å². The van der Waals surface area contributed by atoms with Crippen LogP contribution in [0.25, 0.3) is 0 Å². The molecule has 1 fully saturated rings. The Labute approximate surface area is 67.1 Å². The summed E-state index contributed by atoms with van der Waals surface area (Å²) < 4.78 is 4.67. The van der Waals surface area contributed by atoms with Crippen LogP contribution >= 0.6 is 0 Å². The summed E-state index contributed by atoms with van der Waals surface area (Å²) >= 11 is 0. The smallest absolute Gasteiger partial charge is 0.314 e. The van der Waals surface area contributed by atoms with E-state index < -0.39 is 0 Å². The lowest BCUT2D eigenvalue weighted by atomic mass is 9.96. The van der Waals surface area contributed by atoms with Gasteiger partial charge in [-0.1, -0.05) is 0 Å². The van der Waals surface area contributed by atoms with Gasteiger partial charge >= 0.3 is 5.97 Å². The molecule has 1 aliphatic heterocycles. The Morgan fingerprint density at radius 3 is 2.73 bits per heavy atom. The van der Waals surface area contributed by atoms with Crippen LogP contribution in [0.3, 0.4) is 0 Å². The second kappa shape index (κ2) is 3.72. The fraction of sp³-hybridized carbons (Fsp3) is 0.875. The monoisotopic (exact) mass is 158 g/mol. The first-order chi connectivity index (χ1) is 5.24. The van der Waals surface area contributed by atoms with Gasteiger partial charge in [-0.25, -0.2) is 0 Å². The Hall–Kier alpha value is -0.570. The van der Waals surface area contributed by atoms with Crippen molar-refractivity contribution in [1.29, 1.82) is 0 Å². The van der Waals surface area contributed by atoms with Gasteiger partial charge < -0.3 is 10.1 Å². The zero-order valence-electron chi connectivity index (χ0n) is 7.17. The molecule has 1 saturated heterocycles. The average molecular weight is 158 g/mol. The Kier molecular flexibility index (Phi) is 2.88. The van der Waals surface area contributed by atoms with Crippen molar-refractivity contribution in [3.63, 3.8) is 0 Å². The molecule has 0 unspecified atom stereocenters. The van der Waals surface area contributed by atoms with Gasteiger partial charge in [0.15, 0.2) is 0 Å². The van der Waals surface area contributed by atoms with Crippen LogP contribution < -0.4 is 5.32 Å². The van der Waals surface area contributed by atoms with Gasteiger partial charge in [0.25, 0.3) is 0 Å². The normalized spacial score (nSPS) is 31.5. The molecule has 2 N–H and O–H groups in total. The minimum atomic E-state index is -0.0480. The Morgan fingerprint density at radius 2 is 2.27 bits per heavy atom. The van der Waals surface area contributed by atoms with Crippen molar-refractivity contribution >= 4 is 5.97 Å². The number of piperidine rings is 1. The summed E-state index contributed by atoms with van der Waals surface area (Å²) in [6.45, 7) is 3.08. The van der Waals surface area contributed by atoms with Crippen LogP contribution in [0.2, 0.25) is 0 Å². The summed E-state index contributed by atoms with van der Waals surface area (Å²) in [7, 11) is 1.46. The van der Waals surface area contributed by atoms with E-state index in [-0.39, 0.29) is 11.9 Å². The van der Waals surface area contributed by atoms with E-state index in [0.29, 0.717) is 6.04 Å². The SMILES string of the molecule is COC(=O)[C@H]1CC[C@H](C)[NH2+]C1. The van der Waals surface area contributed by atoms with E-state index in [1.165, 1.54) is 7.11 Å². The molecular formula is C8H16NO2+. The topological polar surface area (TPSA) is 42.9 Å². The van der Waals surface area contributed by atoms with Crippen LogP contribution in [-0.4, -0.2) is 25.7 Å². The fourth-order valence-corrected chi connectivity index (χ4v) is 1.48. The molecule has 64 valence electrons. The lowest BCUT2D eigenvalue weighted by Gasteiger charge is -2.22. The third-order valence-electron chi connectivity index (χ3n) is 2.33. The van der Waals surface area contributed by atoms with Crippen molar-refractivity contribution in [3.05, 3.63) is 0 Å². The summed E-state index contributed by atoms with van der Waals surface area (Å²) in [4.78, 5) is 11.0. The van der Waals surface area contributed by atoms with E-state index in [1.54, 1.807) is 0 Å². The number of hydrogen-bond acceptors (Lipinski definition) is 2. The highest BCUT2D eigenvalue weighted by atomic mass is 16.5. The number of rotatable bonds is 1. The molecule has 1 aliphatic rings. The van der Waals surface area contributed by atoms with Crippen LogP contribution in [0.15, 0.2) is 0 Å². The zero-order chi connectivity index (χ0) is 8.27. The second-order valence-electron chi connectivity index (χ2n) is 3.25. The number of carbonyl (C=O) groups is 1. The van der Waals surface area contributed by atoms with Gasteiger partial charge in [0, 0.05) is 6.42 Å². The van der Waals surface area contributed by atoms with Crippen molar-refractivity contribution in [3.8, 4) is 0 Å². The molecule has 2 atom stereocenters. The number of hydrogen-bond donors (Lipinski definition) is 1. The number of methoxy groups -OCH3 is 1. The summed E-state index contributed by atoms with van der Waals surface area (Å²) in [5, 5.41) is 2.21. The first-order valence-electron chi connectivity index (χ1n) is 4.15. The molecule has 1 rings (SSSR count). The molecule has 0 bridgehead atoms. The van der Waals surface area contributed by atoms with E-state index in [2.05, 4.69) is 17.0 Å². The lowest BCUT2D eigenvalue weighted by molar-refractivity contribution is -0.698. The fourth-order valence-electron chi connectivity index (χ4n) is 1.48. The molecule has 1 heterocycles. The largest absolute Gasteiger partial charge is 0.469 e. The molecule has 0 aliphatic carbocycles. The van der Waals surface area contributed by atoms with Crippen LogP contribution in [-0.2, 0) is 9.53 Å². The molecule has 0 amide bonds. The molecule has 0 radical (unpaired) electrons. The molecule has 3 nitrogen and oxygen atoms in total. The molecule has 3 heteroatoms. The van der Waals surface area contributed by atoms with Crippen molar-refractivity contribution in [2.75, 3.05) is 13.7 Å². The zero-order valence-corrected chi connectivity index (χ0v) is 7.17. The van der Waals surface area contributed by atoms with Gasteiger partial charge in [-0.15, -0.1) is 0 Å². The highest BCUT2D eigenvalue weighted by molar-refractivity contribution is 5.72. The van der Waals surface area contributed by atoms with E-state index in [9.17, 15) is 4.79 Å². The van der Waals surface area contributed by atoms with Crippen molar-refractivity contribution in [2.24, 2.45) is 5.92 Å². The first-order valence-corrected chi connectivity index (χ1v) is 4.15. The van der Waals surface area contributed by atoms with Crippen LogP contribution in [0.5, 0.6) is 0 Å². The first kappa shape index (κ1) is 8.53. The Morgan fingerprint density at radius 1 is 1.55 bits per heavy atom. The highest BCUT2D eigenvalue weighted by Gasteiger charge is 2.27. The van der Waals surface area contributed by atoms with Crippen molar-refractivity contribution in [2.45, 2.75) is 25.8 Å². The Bertz CT molecular complexity index is 139. The van der Waals surface area contributed by atoms with Gasteiger partial charge in [0.05, 0.1) is 19.7 Å². The second-order valence-corrected chi connectivity index (χ2v) is 3.25. The molecule has 0 saturated carbocycles. The summed E-state index contributed by atoms with van der Waals surface area (Å²) in [6.07, 6.45) is 2.12. The van der Waals surface area contributed by atoms with Crippen LogP contribution in [0.4, 0.5) is 0 Å². The minimum absolute atomic E-state index is 0.0480. The average Bonchev–Trinajstić information content (AvgIpc) is 2.05. The van der Waals surface area contributed by atoms with E-state index >= 15 is 0 Å². The predicted octanol–water partition coefficient (Wildman–Crippen LogP) is -0.479.